The van der Waals surface area contributed by atoms with Gasteiger partial charge in [-0.1, -0.05) is 131 Å². The van der Waals surface area contributed by atoms with Crippen LogP contribution in [0.3, 0.4) is 0 Å². The van der Waals surface area contributed by atoms with Crippen LogP contribution in [0.5, 0.6) is 0 Å². The first-order valence-electron chi connectivity index (χ1n) is 17.4. The number of nitro benzene ring substituents is 1. The Hall–Kier alpha value is -4.23. The maximum atomic E-state index is 14.3. The Balaban J connectivity index is 1.31. The average Bonchev–Trinajstić information content (AvgIpc) is 3.17. The summed E-state index contributed by atoms with van der Waals surface area (Å²) < 4.78 is 38.2. The van der Waals surface area contributed by atoms with E-state index in [4.69, 9.17) is 4.74 Å². The summed E-state index contributed by atoms with van der Waals surface area (Å²) in [6.45, 7) is 0.991. The lowest BCUT2D eigenvalue weighted by Crippen LogP contribution is -2.69. The second-order valence-corrected chi connectivity index (χ2v) is 16.2. The summed E-state index contributed by atoms with van der Waals surface area (Å²) in [6.07, 6.45) is 0.401. The molecule has 268 valence electrons. The van der Waals surface area contributed by atoms with Crippen molar-refractivity contribution in [3.8, 4) is 0 Å². The molecule has 1 unspecified atom stereocenters. The van der Waals surface area contributed by atoms with Gasteiger partial charge in [0.05, 0.1) is 11.5 Å². The number of halogens is 1. The second-order valence-electron chi connectivity index (χ2n) is 13.4. The lowest BCUT2D eigenvalue weighted by Gasteiger charge is -2.58. The Bertz CT molecular complexity index is 1990. The zero-order chi connectivity index (χ0) is 36.3. The molecular weight excluding hydrogens is 742 g/mol. The molecule has 2 aliphatic heterocycles. The first-order valence-corrected chi connectivity index (χ1v) is 19.6. The van der Waals surface area contributed by atoms with Gasteiger partial charge >= 0.3 is 0 Å². The molecule has 0 saturated carbocycles. The Morgan fingerprint density at radius 2 is 1.33 bits per heavy atom. The molecule has 0 amide bonds. The number of ether oxygens (including phenoxy) is 1. The predicted octanol–water partition coefficient (Wildman–Crippen LogP) is 7.21. The number of hydrogen-bond donors (Lipinski definition) is 1. The number of sulfonamides is 1. The molecule has 2 saturated heterocycles. The van der Waals surface area contributed by atoms with Crippen LogP contribution in [0.2, 0.25) is 0 Å². The third-order valence-corrected chi connectivity index (χ3v) is 13.0. The highest BCUT2D eigenvalue weighted by molar-refractivity contribution is 9.10. The Kier molecular flexibility index (Phi) is 10.7. The normalized spacial score (nSPS) is 21.3. The van der Waals surface area contributed by atoms with Crippen molar-refractivity contribution >= 4 is 31.6 Å². The lowest BCUT2D eigenvalue weighted by molar-refractivity contribution is -0.387. The van der Waals surface area contributed by atoms with Gasteiger partial charge in [0.15, 0.2) is 4.90 Å². The van der Waals surface area contributed by atoms with Crippen LogP contribution >= 0.6 is 15.9 Å². The van der Waals surface area contributed by atoms with Crippen LogP contribution in [-0.2, 0) is 20.4 Å². The maximum Gasteiger partial charge on any atom is 0.289 e. The van der Waals surface area contributed by atoms with Crippen molar-refractivity contribution in [3.05, 3.63) is 176 Å². The minimum Gasteiger partial charge on any atom is -0.396 e. The van der Waals surface area contributed by atoms with Crippen LogP contribution < -0.4 is 0 Å². The van der Waals surface area contributed by atoms with Crippen molar-refractivity contribution in [2.24, 2.45) is 5.92 Å². The molecule has 0 aliphatic carbocycles. The van der Waals surface area contributed by atoms with Crippen molar-refractivity contribution in [1.29, 1.82) is 0 Å². The van der Waals surface area contributed by atoms with E-state index in [-0.39, 0.29) is 48.5 Å². The Morgan fingerprint density at radius 1 is 0.788 bits per heavy atom. The maximum absolute atomic E-state index is 14.3. The van der Waals surface area contributed by atoms with E-state index < -0.39 is 26.2 Å². The zero-order valence-corrected chi connectivity index (χ0v) is 30.8. The standard InChI is InChI=1S/C41H40BrN3O6S/c42-35-22-20-31(21-23-35)40-37-27-43(52(49,50)39-19-11-10-18-36(39)45(47)48)25-24-30(28-46)26-44(37)38(40)29-51-41(32-12-4-1-5-13-32,33-14-6-2-7-15-33)34-16-8-3-9-17-34/h1-23,30,37-38,40,46H,24-29H2/t30?,37-,38+,40+/m0/s1. The van der Waals surface area contributed by atoms with Crippen LogP contribution in [0.25, 0.3) is 0 Å². The number of fused-ring (bicyclic) bond motifs is 1. The van der Waals surface area contributed by atoms with Crippen molar-refractivity contribution in [1.82, 2.24) is 9.21 Å². The second kappa shape index (κ2) is 15.4. The molecule has 11 heteroatoms. The molecule has 2 heterocycles. The smallest absolute Gasteiger partial charge is 0.289 e. The van der Waals surface area contributed by atoms with Crippen molar-refractivity contribution < 1.29 is 23.2 Å². The van der Waals surface area contributed by atoms with Crippen LogP contribution in [-0.4, -0.2) is 72.6 Å². The molecule has 1 N–H and O–H groups in total. The Morgan fingerprint density at radius 3 is 1.87 bits per heavy atom. The van der Waals surface area contributed by atoms with Crippen LogP contribution in [0.1, 0.15) is 34.6 Å². The van der Waals surface area contributed by atoms with Gasteiger partial charge in [0.1, 0.15) is 5.60 Å². The molecule has 52 heavy (non-hydrogen) atoms. The minimum atomic E-state index is -4.26. The molecule has 5 aromatic rings. The van der Waals surface area contributed by atoms with E-state index in [1.807, 2.05) is 66.7 Å². The van der Waals surface area contributed by atoms with Crippen molar-refractivity contribution in [2.75, 3.05) is 32.8 Å². The summed E-state index contributed by atoms with van der Waals surface area (Å²) in [5.74, 6) is -0.365. The number of para-hydroxylation sites is 1. The van der Waals surface area contributed by atoms with E-state index in [1.165, 1.54) is 28.6 Å². The van der Waals surface area contributed by atoms with Gasteiger partial charge in [0.2, 0.25) is 10.0 Å². The summed E-state index contributed by atoms with van der Waals surface area (Å²) in [7, 11) is -4.26. The molecule has 0 spiro atoms. The first kappa shape index (κ1) is 36.1. The SMILES string of the molecule is O=[N+]([O-])c1ccccc1S(=O)(=O)N1CCC(CO)CN2[C@H](COC(c3ccccc3)(c3ccccc3)c3ccccc3)[C@H](c3ccc(Br)cc3)[C@@H]2C1. The van der Waals surface area contributed by atoms with Gasteiger partial charge < -0.3 is 9.84 Å². The first-order chi connectivity index (χ1) is 25.2. The molecule has 2 fully saturated rings. The number of rotatable bonds is 11. The summed E-state index contributed by atoms with van der Waals surface area (Å²) >= 11 is 3.57. The fourth-order valence-corrected chi connectivity index (χ4v) is 9.85. The van der Waals surface area contributed by atoms with Gasteiger partial charge in [-0.2, -0.15) is 4.31 Å². The largest absolute Gasteiger partial charge is 0.396 e. The fourth-order valence-electron chi connectivity index (χ4n) is 7.96. The molecule has 0 radical (unpaired) electrons. The summed E-state index contributed by atoms with van der Waals surface area (Å²) in [4.78, 5) is 13.2. The van der Waals surface area contributed by atoms with E-state index in [0.717, 1.165) is 26.7 Å². The third-order valence-electron chi connectivity index (χ3n) is 10.5. The lowest BCUT2D eigenvalue weighted by atomic mass is 9.73. The predicted molar refractivity (Wildman–Crippen MR) is 203 cm³/mol. The van der Waals surface area contributed by atoms with E-state index >= 15 is 0 Å². The number of aliphatic hydroxyl groups excluding tert-OH is 1. The van der Waals surface area contributed by atoms with Crippen LogP contribution in [0, 0.1) is 16.0 Å². The number of hydrogen-bond acceptors (Lipinski definition) is 7. The molecule has 7 rings (SSSR count). The third kappa shape index (κ3) is 6.84. The highest BCUT2D eigenvalue weighted by atomic mass is 79.9. The van der Waals surface area contributed by atoms with Gasteiger partial charge in [0.25, 0.3) is 5.69 Å². The van der Waals surface area contributed by atoms with Crippen molar-refractivity contribution in [2.45, 2.75) is 34.9 Å². The molecule has 2 aliphatic rings. The minimum absolute atomic E-state index is 0.124. The quantitative estimate of drug-likeness (QED) is 0.0857. The highest BCUT2D eigenvalue weighted by Gasteiger charge is 2.53. The molecular formula is C41H40BrN3O6S. The fraction of sp³-hybridized carbons (Fsp3) is 0.268. The van der Waals surface area contributed by atoms with E-state index in [0.29, 0.717) is 19.6 Å². The summed E-state index contributed by atoms with van der Waals surface area (Å²) in [6, 6.07) is 43.7. The van der Waals surface area contributed by atoms with E-state index in [9.17, 15) is 23.6 Å². The topological polar surface area (TPSA) is 113 Å². The molecule has 0 aromatic heterocycles. The van der Waals surface area contributed by atoms with Crippen LogP contribution in [0.4, 0.5) is 5.69 Å². The summed E-state index contributed by atoms with van der Waals surface area (Å²) in [5, 5.41) is 22.5. The van der Waals surface area contributed by atoms with E-state index in [2.05, 4.69) is 69.4 Å². The van der Waals surface area contributed by atoms with Gasteiger partial charge in [-0.15, -0.1) is 0 Å². The molecule has 5 aromatic carbocycles. The van der Waals surface area contributed by atoms with Gasteiger partial charge in [-0.05, 0) is 52.8 Å². The van der Waals surface area contributed by atoms with Crippen LogP contribution in [0.15, 0.2) is 149 Å². The zero-order valence-electron chi connectivity index (χ0n) is 28.4. The summed E-state index contributed by atoms with van der Waals surface area (Å²) in [5.41, 5.74) is 2.55. The number of benzene rings is 5. The number of nitro groups is 1. The van der Waals surface area contributed by atoms with Gasteiger partial charge in [0, 0.05) is 54.8 Å². The highest BCUT2D eigenvalue weighted by Crippen LogP contribution is 2.47. The molecule has 9 nitrogen and oxygen atoms in total. The monoisotopic (exact) mass is 781 g/mol. The Labute approximate surface area is 312 Å². The van der Waals surface area contributed by atoms with Crippen molar-refractivity contribution in [3.63, 3.8) is 0 Å². The molecule has 4 atom stereocenters. The molecule has 0 bridgehead atoms. The van der Waals surface area contributed by atoms with E-state index in [1.54, 1.807) is 0 Å². The van der Waals surface area contributed by atoms with Gasteiger partial charge in [-0.25, -0.2) is 8.42 Å². The van der Waals surface area contributed by atoms with Gasteiger partial charge in [-0.3, -0.25) is 15.0 Å². The number of nitrogens with zero attached hydrogens (tertiary/aromatic N) is 3. The average molecular weight is 783 g/mol. The number of aliphatic hydroxyl groups is 1.